The van der Waals surface area contributed by atoms with Crippen molar-refractivity contribution in [3.8, 4) is 0 Å². The molecule has 1 amide bonds. The van der Waals surface area contributed by atoms with Crippen molar-refractivity contribution in [3.63, 3.8) is 0 Å². The molecule has 0 aliphatic rings. The van der Waals surface area contributed by atoms with Crippen molar-refractivity contribution in [3.05, 3.63) is 29.8 Å². The van der Waals surface area contributed by atoms with Gasteiger partial charge in [0.2, 0.25) is 5.91 Å². The molecule has 1 rings (SSSR count). The molecule has 5 nitrogen and oxygen atoms in total. The van der Waals surface area contributed by atoms with Gasteiger partial charge < -0.3 is 10.1 Å². The summed E-state index contributed by atoms with van der Waals surface area (Å²) in [6.07, 6.45) is -0.335. The second-order valence-corrected chi connectivity index (χ2v) is 3.67. The zero-order valence-corrected chi connectivity index (χ0v) is 10.4. The van der Waals surface area contributed by atoms with Crippen molar-refractivity contribution in [1.82, 2.24) is 0 Å². The zero-order chi connectivity index (χ0) is 13.5. The summed E-state index contributed by atoms with van der Waals surface area (Å²) in [6.45, 7) is 3.36. The van der Waals surface area contributed by atoms with Crippen LogP contribution in [0.4, 0.5) is 5.69 Å². The molecule has 0 aromatic heterocycles. The van der Waals surface area contributed by atoms with Crippen LogP contribution < -0.4 is 5.32 Å². The lowest BCUT2D eigenvalue weighted by Crippen LogP contribution is -2.18. The second kappa shape index (κ2) is 6.54. The van der Waals surface area contributed by atoms with Crippen molar-refractivity contribution in [2.75, 3.05) is 11.9 Å². The molecular formula is C13H15NO4. The van der Waals surface area contributed by atoms with Gasteiger partial charge in [0.15, 0.2) is 5.78 Å². The molecule has 5 heteroatoms. The topological polar surface area (TPSA) is 72.5 Å². The Kier molecular flexibility index (Phi) is 5.05. The summed E-state index contributed by atoms with van der Waals surface area (Å²) >= 11 is 0. The third-order valence-electron chi connectivity index (χ3n) is 2.16. The van der Waals surface area contributed by atoms with E-state index in [1.54, 1.807) is 31.2 Å². The molecule has 0 saturated carbocycles. The number of ketones is 1. The summed E-state index contributed by atoms with van der Waals surface area (Å²) in [7, 11) is 0. The van der Waals surface area contributed by atoms with E-state index in [1.165, 1.54) is 6.92 Å². The minimum Gasteiger partial charge on any atom is -0.466 e. The molecule has 0 aliphatic carbocycles. The van der Waals surface area contributed by atoms with Gasteiger partial charge in [-0.05, 0) is 26.0 Å². The van der Waals surface area contributed by atoms with Crippen molar-refractivity contribution in [2.24, 2.45) is 0 Å². The average molecular weight is 249 g/mol. The number of esters is 1. The maximum absolute atomic E-state index is 11.5. The van der Waals surface area contributed by atoms with Gasteiger partial charge in [-0.2, -0.15) is 0 Å². The smallest absolute Gasteiger partial charge is 0.315 e. The van der Waals surface area contributed by atoms with E-state index in [1.807, 2.05) is 0 Å². The predicted molar refractivity (Wildman–Crippen MR) is 66.3 cm³/mol. The van der Waals surface area contributed by atoms with Gasteiger partial charge in [-0.15, -0.1) is 0 Å². The van der Waals surface area contributed by atoms with Crippen LogP contribution in [0.3, 0.4) is 0 Å². The SMILES string of the molecule is CCOC(=O)CC(=O)Nc1cccc(C(C)=O)c1. The first-order chi connectivity index (χ1) is 8.52. The molecule has 1 aromatic carbocycles. The van der Waals surface area contributed by atoms with Gasteiger partial charge in [0.1, 0.15) is 6.42 Å². The normalized spacial score (nSPS) is 9.67. The molecular weight excluding hydrogens is 234 g/mol. The fraction of sp³-hybridized carbons (Fsp3) is 0.308. The first kappa shape index (κ1) is 13.9. The predicted octanol–water partition coefficient (Wildman–Crippen LogP) is 1.78. The number of carbonyl (C=O) groups excluding carboxylic acids is 3. The lowest BCUT2D eigenvalue weighted by Gasteiger charge is -2.06. The minimum atomic E-state index is -0.572. The summed E-state index contributed by atoms with van der Waals surface area (Å²) in [4.78, 5) is 33.7. The molecule has 18 heavy (non-hydrogen) atoms. The number of hydrogen-bond acceptors (Lipinski definition) is 4. The number of carbonyl (C=O) groups is 3. The van der Waals surface area contributed by atoms with Gasteiger partial charge in [0.25, 0.3) is 0 Å². The fourth-order valence-electron chi connectivity index (χ4n) is 1.36. The van der Waals surface area contributed by atoms with Crippen LogP contribution >= 0.6 is 0 Å². The highest BCUT2D eigenvalue weighted by Crippen LogP contribution is 2.11. The van der Waals surface area contributed by atoms with Crippen molar-refractivity contribution in [1.29, 1.82) is 0 Å². The Morgan fingerprint density at radius 3 is 2.61 bits per heavy atom. The van der Waals surface area contributed by atoms with E-state index >= 15 is 0 Å². The van der Waals surface area contributed by atoms with E-state index in [2.05, 4.69) is 10.1 Å². The Morgan fingerprint density at radius 1 is 1.28 bits per heavy atom. The van der Waals surface area contributed by atoms with Crippen LogP contribution in [-0.4, -0.2) is 24.3 Å². The molecule has 1 aromatic rings. The van der Waals surface area contributed by atoms with Crippen LogP contribution in [0.2, 0.25) is 0 Å². The Labute approximate surface area is 105 Å². The molecule has 1 N–H and O–H groups in total. The molecule has 0 saturated heterocycles. The largest absolute Gasteiger partial charge is 0.466 e. The molecule has 96 valence electrons. The van der Waals surface area contributed by atoms with Crippen LogP contribution in [0.1, 0.15) is 30.6 Å². The number of benzene rings is 1. The molecule has 0 fully saturated rings. The van der Waals surface area contributed by atoms with E-state index < -0.39 is 11.9 Å². The fourth-order valence-corrected chi connectivity index (χ4v) is 1.36. The standard InChI is InChI=1S/C13H15NO4/c1-3-18-13(17)8-12(16)14-11-6-4-5-10(7-11)9(2)15/h4-7H,3,8H2,1-2H3,(H,14,16). The van der Waals surface area contributed by atoms with E-state index in [4.69, 9.17) is 0 Å². The number of hydrogen-bond donors (Lipinski definition) is 1. The third-order valence-corrected chi connectivity index (χ3v) is 2.16. The number of ether oxygens (including phenoxy) is 1. The highest BCUT2D eigenvalue weighted by Gasteiger charge is 2.10. The minimum absolute atomic E-state index is 0.0866. The zero-order valence-electron chi connectivity index (χ0n) is 10.4. The summed E-state index contributed by atoms with van der Waals surface area (Å²) in [5, 5.41) is 2.53. The van der Waals surface area contributed by atoms with E-state index in [-0.39, 0.29) is 18.8 Å². The van der Waals surface area contributed by atoms with Gasteiger partial charge in [0.05, 0.1) is 6.61 Å². The summed E-state index contributed by atoms with van der Waals surface area (Å²) in [5.74, 6) is -1.12. The highest BCUT2D eigenvalue weighted by molar-refractivity contribution is 6.02. The maximum Gasteiger partial charge on any atom is 0.315 e. The van der Waals surface area contributed by atoms with Gasteiger partial charge in [-0.25, -0.2) is 0 Å². The summed E-state index contributed by atoms with van der Waals surface area (Å²) in [6, 6.07) is 6.53. The number of Topliss-reactive ketones (excluding diaryl/α,β-unsaturated/α-hetero) is 1. The monoisotopic (exact) mass is 249 g/mol. The van der Waals surface area contributed by atoms with Crippen LogP contribution in [0.25, 0.3) is 0 Å². The Morgan fingerprint density at radius 2 is 2.00 bits per heavy atom. The third kappa shape index (κ3) is 4.37. The molecule has 0 heterocycles. The van der Waals surface area contributed by atoms with Crippen LogP contribution in [-0.2, 0) is 14.3 Å². The molecule has 0 unspecified atom stereocenters. The van der Waals surface area contributed by atoms with Crippen molar-refractivity contribution in [2.45, 2.75) is 20.3 Å². The van der Waals surface area contributed by atoms with Crippen LogP contribution in [0.15, 0.2) is 24.3 Å². The van der Waals surface area contributed by atoms with Gasteiger partial charge in [-0.1, -0.05) is 12.1 Å². The molecule has 0 bridgehead atoms. The van der Waals surface area contributed by atoms with E-state index in [0.717, 1.165) is 0 Å². The summed E-state index contributed by atoms with van der Waals surface area (Å²) in [5.41, 5.74) is 0.987. The number of amides is 1. The molecule has 0 atom stereocenters. The number of rotatable bonds is 5. The highest BCUT2D eigenvalue weighted by atomic mass is 16.5. The first-order valence-corrected chi connectivity index (χ1v) is 5.59. The Hall–Kier alpha value is -2.17. The first-order valence-electron chi connectivity index (χ1n) is 5.59. The lowest BCUT2D eigenvalue weighted by molar-refractivity contribution is -0.145. The van der Waals surface area contributed by atoms with E-state index in [0.29, 0.717) is 11.3 Å². The quantitative estimate of drug-likeness (QED) is 0.490. The molecule has 0 radical (unpaired) electrons. The van der Waals surface area contributed by atoms with Crippen molar-refractivity contribution < 1.29 is 19.1 Å². The molecule has 0 spiro atoms. The summed E-state index contributed by atoms with van der Waals surface area (Å²) < 4.78 is 4.66. The maximum atomic E-state index is 11.5. The lowest BCUT2D eigenvalue weighted by atomic mass is 10.1. The van der Waals surface area contributed by atoms with Gasteiger partial charge in [-0.3, -0.25) is 14.4 Å². The van der Waals surface area contributed by atoms with Crippen molar-refractivity contribution >= 4 is 23.3 Å². The van der Waals surface area contributed by atoms with Crippen LogP contribution in [0, 0.1) is 0 Å². The van der Waals surface area contributed by atoms with Crippen LogP contribution in [0.5, 0.6) is 0 Å². The van der Waals surface area contributed by atoms with Gasteiger partial charge in [0, 0.05) is 11.3 Å². The average Bonchev–Trinajstić information content (AvgIpc) is 2.29. The Bertz CT molecular complexity index is 468. The van der Waals surface area contributed by atoms with Gasteiger partial charge >= 0.3 is 5.97 Å². The Balaban J connectivity index is 2.62. The molecule has 0 aliphatic heterocycles. The second-order valence-electron chi connectivity index (χ2n) is 3.67. The number of nitrogens with one attached hydrogen (secondary N) is 1. The number of anilines is 1. The van der Waals surface area contributed by atoms with E-state index in [9.17, 15) is 14.4 Å².